The van der Waals surface area contributed by atoms with Gasteiger partial charge in [0, 0.05) is 6.20 Å². The van der Waals surface area contributed by atoms with E-state index < -0.39 is 0 Å². The molecule has 0 radical (unpaired) electrons. The van der Waals surface area contributed by atoms with Crippen molar-refractivity contribution in [3.8, 4) is 0 Å². The summed E-state index contributed by atoms with van der Waals surface area (Å²) in [7, 11) is 0. The fraction of sp³-hybridized carbons (Fsp3) is 0.222. The first kappa shape index (κ1) is 7.79. The zero-order valence-corrected chi connectivity index (χ0v) is 6.74. The highest BCUT2D eigenvalue weighted by Crippen LogP contribution is 2.01. The molecule has 0 aromatic carbocycles. The molecule has 1 rings (SSSR count). The van der Waals surface area contributed by atoms with E-state index in [1.54, 1.807) is 12.5 Å². The summed E-state index contributed by atoms with van der Waals surface area (Å²) >= 11 is 0. The molecule has 1 aromatic rings. The maximum absolute atomic E-state index is 5.13. The topological polar surface area (TPSA) is 25.5 Å². The molecule has 0 aliphatic heterocycles. The Morgan fingerprint density at radius 1 is 1.64 bits per heavy atom. The number of allylic oxidation sites excluding steroid dienone is 1. The third-order valence-electron chi connectivity index (χ3n) is 1.30. The van der Waals surface area contributed by atoms with Gasteiger partial charge in [0.2, 0.25) is 0 Å². The molecular formula is C9H11NO. The Morgan fingerprint density at radius 2 is 2.45 bits per heavy atom. The van der Waals surface area contributed by atoms with Crippen LogP contribution in [0.5, 0.6) is 0 Å². The highest BCUT2D eigenvalue weighted by molar-refractivity contribution is 5.96. The minimum atomic E-state index is 0.822. The summed E-state index contributed by atoms with van der Waals surface area (Å²) in [6.45, 7) is 3.84. The molecule has 0 atom stereocenters. The molecule has 0 bridgehead atoms. The highest BCUT2D eigenvalue weighted by Gasteiger charge is 1.96. The molecule has 0 aliphatic rings. The summed E-state index contributed by atoms with van der Waals surface area (Å²) in [4.78, 5) is 4.13. The second-order valence-corrected chi connectivity index (χ2v) is 2.17. The molecule has 0 fully saturated rings. The first-order chi connectivity index (χ1) is 5.34. The number of nitrogens with zero attached hydrogens (tertiary/aromatic N) is 1. The van der Waals surface area contributed by atoms with Crippen molar-refractivity contribution in [3.05, 3.63) is 36.4 Å². The van der Waals surface area contributed by atoms with Gasteiger partial charge in [0.1, 0.15) is 5.76 Å². The van der Waals surface area contributed by atoms with E-state index in [2.05, 4.69) is 4.99 Å². The molecule has 11 heavy (non-hydrogen) atoms. The van der Waals surface area contributed by atoms with Crippen LogP contribution in [-0.2, 0) is 0 Å². The smallest absolute Gasteiger partial charge is 0.147 e. The molecule has 0 aliphatic carbocycles. The Bertz CT molecular complexity index is 257. The van der Waals surface area contributed by atoms with E-state index in [0.717, 1.165) is 11.5 Å². The molecule has 1 aromatic heterocycles. The van der Waals surface area contributed by atoms with Crippen LogP contribution in [0.4, 0.5) is 0 Å². The van der Waals surface area contributed by atoms with E-state index in [0.29, 0.717) is 0 Å². The first-order valence-corrected chi connectivity index (χ1v) is 3.54. The molecule has 0 saturated carbocycles. The van der Waals surface area contributed by atoms with Crippen LogP contribution in [0.2, 0.25) is 0 Å². The number of aliphatic imine (C=N–C) groups is 1. The summed E-state index contributed by atoms with van der Waals surface area (Å²) in [5.41, 5.74) is 0.896. The Labute approximate surface area is 66.3 Å². The molecule has 0 saturated heterocycles. The van der Waals surface area contributed by atoms with Gasteiger partial charge in [0.25, 0.3) is 0 Å². The molecule has 2 nitrogen and oxygen atoms in total. The van der Waals surface area contributed by atoms with Gasteiger partial charge < -0.3 is 4.42 Å². The van der Waals surface area contributed by atoms with E-state index in [-0.39, 0.29) is 0 Å². The van der Waals surface area contributed by atoms with Crippen molar-refractivity contribution in [1.82, 2.24) is 0 Å². The highest BCUT2D eigenvalue weighted by atomic mass is 16.3. The number of furan rings is 1. The standard InChI is InChI=1S/C9H11NO/c1-3-6-10-8(2)9-5-4-7-11-9/h3-7H,1-2H3. The van der Waals surface area contributed by atoms with Crippen LogP contribution in [-0.4, -0.2) is 5.71 Å². The molecule has 0 spiro atoms. The van der Waals surface area contributed by atoms with Gasteiger partial charge in [-0.1, -0.05) is 6.08 Å². The van der Waals surface area contributed by atoms with Gasteiger partial charge in [-0.25, -0.2) is 0 Å². The van der Waals surface area contributed by atoms with E-state index in [1.807, 2.05) is 32.1 Å². The normalized spacial score (nSPS) is 12.7. The first-order valence-electron chi connectivity index (χ1n) is 3.54. The molecule has 0 N–H and O–H groups in total. The molecule has 0 amide bonds. The van der Waals surface area contributed by atoms with Crippen LogP contribution in [0.25, 0.3) is 0 Å². The van der Waals surface area contributed by atoms with Crippen molar-refractivity contribution in [2.75, 3.05) is 0 Å². The number of hydrogen-bond donors (Lipinski definition) is 0. The van der Waals surface area contributed by atoms with Crippen LogP contribution in [0.15, 0.2) is 40.1 Å². The average Bonchev–Trinajstić information content (AvgIpc) is 2.52. The van der Waals surface area contributed by atoms with Crippen molar-refractivity contribution in [2.24, 2.45) is 4.99 Å². The summed E-state index contributed by atoms with van der Waals surface area (Å²) in [6, 6.07) is 3.74. The van der Waals surface area contributed by atoms with E-state index in [9.17, 15) is 0 Å². The Balaban J connectivity index is 2.77. The van der Waals surface area contributed by atoms with E-state index in [1.165, 1.54) is 0 Å². The van der Waals surface area contributed by atoms with Gasteiger partial charge in [-0.3, -0.25) is 4.99 Å². The number of rotatable bonds is 2. The van der Waals surface area contributed by atoms with Crippen molar-refractivity contribution in [2.45, 2.75) is 13.8 Å². The van der Waals surface area contributed by atoms with E-state index in [4.69, 9.17) is 4.42 Å². The van der Waals surface area contributed by atoms with Gasteiger partial charge in [0.05, 0.1) is 12.0 Å². The Hall–Kier alpha value is -1.31. The summed E-state index contributed by atoms with van der Waals surface area (Å²) in [5.74, 6) is 0.822. The lowest BCUT2D eigenvalue weighted by Crippen LogP contribution is -1.88. The van der Waals surface area contributed by atoms with Gasteiger partial charge >= 0.3 is 0 Å². The molecule has 58 valence electrons. The fourth-order valence-corrected chi connectivity index (χ4v) is 0.734. The zero-order valence-electron chi connectivity index (χ0n) is 6.74. The summed E-state index contributed by atoms with van der Waals surface area (Å²) in [5, 5.41) is 0. The van der Waals surface area contributed by atoms with Crippen molar-refractivity contribution in [3.63, 3.8) is 0 Å². The lowest BCUT2D eigenvalue weighted by atomic mass is 10.3. The van der Waals surface area contributed by atoms with Crippen LogP contribution in [0, 0.1) is 0 Å². The van der Waals surface area contributed by atoms with Gasteiger partial charge in [0.15, 0.2) is 0 Å². The van der Waals surface area contributed by atoms with Crippen molar-refractivity contribution in [1.29, 1.82) is 0 Å². The van der Waals surface area contributed by atoms with Crippen LogP contribution >= 0.6 is 0 Å². The van der Waals surface area contributed by atoms with Crippen LogP contribution in [0.3, 0.4) is 0 Å². The molecular weight excluding hydrogens is 138 g/mol. The lowest BCUT2D eigenvalue weighted by Gasteiger charge is -1.89. The maximum atomic E-state index is 5.13. The average molecular weight is 149 g/mol. The van der Waals surface area contributed by atoms with Gasteiger partial charge in [-0.15, -0.1) is 0 Å². The molecule has 0 unspecified atom stereocenters. The SMILES string of the molecule is CC=CN=C(C)c1ccco1. The second kappa shape index (κ2) is 3.76. The second-order valence-electron chi connectivity index (χ2n) is 2.17. The van der Waals surface area contributed by atoms with Crippen molar-refractivity contribution < 1.29 is 4.42 Å². The zero-order chi connectivity index (χ0) is 8.10. The largest absolute Gasteiger partial charge is 0.463 e. The quantitative estimate of drug-likeness (QED) is 0.593. The minimum absolute atomic E-state index is 0.822. The Kier molecular flexibility index (Phi) is 2.66. The molecule has 2 heteroatoms. The summed E-state index contributed by atoms with van der Waals surface area (Å²) < 4.78 is 5.13. The summed E-state index contributed by atoms with van der Waals surface area (Å²) in [6.07, 6.45) is 5.27. The van der Waals surface area contributed by atoms with Gasteiger partial charge in [-0.2, -0.15) is 0 Å². The van der Waals surface area contributed by atoms with Crippen LogP contribution < -0.4 is 0 Å². The fourth-order valence-electron chi connectivity index (χ4n) is 0.734. The van der Waals surface area contributed by atoms with E-state index >= 15 is 0 Å². The predicted molar refractivity (Wildman–Crippen MR) is 45.7 cm³/mol. The van der Waals surface area contributed by atoms with Gasteiger partial charge in [-0.05, 0) is 26.0 Å². The van der Waals surface area contributed by atoms with Crippen LogP contribution in [0.1, 0.15) is 19.6 Å². The Morgan fingerprint density at radius 3 is 3.00 bits per heavy atom. The lowest BCUT2D eigenvalue weighted by molar-refractivity contribution is 0.557. The predicted octanol–water partition coefficient (Wildman–Crippen LogP) is 2.62. The van der Waals surface area contributed by atoms with Crippen molar-refractivity contribution >= 4 is 5.71 Å². The third kappa shape index (κ3) is 2.08. The monoisotopic (exact) mass is 149 g/mol. The molecule has 1 heterocycles. The minimum Gasteiger partial charge on any atom is -0.463 e. The third-order valence-corrected chi connectivity index (χ3v) is 1.30. The maximum Gasteiger partial charge on any atom is 0.147 e. The number of hydrogen-bond acceptors (Lipinski definition) is 2.